The fourth-order valence-electron chi connectivity index (χ4n) is 4.47. The number of hydrogen-bond donors (Lipinski definition) is 0. The first-order chi connectivity index (χ1) is 15.9. The van der Waals surface area contributed by atoms with E-state index in [9.17, 15) is 9.59 Å². The lowest BCUT2D eigenvalue weighted by molar-refractivity contribution is 0.458. The monoisotopic (exact) mass is 441 g/mol. The van der Waals surface area contributed by atoms with Crippen LogP contribution < -0.4 is 16.1 Å². The highest BCUT2D eigenvalue weighted by Crippen LogP contribution is 2.32. The van der Waals surface area contributed by atoms with Crippen LogP contribution in [-0.4, -0.2) is 25.2 Å². The third-order valence-electron chi connectivity index (χ3n) is 6.19. The molecule has 33 heavy (non-hydrogen) atoms. The SMILES string of the molecule is Cc1ccc(N2C[C@@H](C)Cn3c2nc2c3c(=O)n(C/C=C\c3ccccc3)c(=O)n2C)cc1. The molecule has 0 bridgehead atoms. The Morgan fingerprint density at radius 1 is 1.03 bits per heavy atom. The zero-order chi connectivity index (χ0) is 23.1. The Labute approximate surface area is 191 Å². The zero-order valence-corrected chi connectivity index (χ0v) is 19.1. The molecule has 0 radical (unpaired) electrons. The molecule has 3 heterocycles. The number of anilines is 2. The van der Waals surface area contributed by atoms with Gasteiger partial charge >= 0.3 is 5.69 Å². The molecule has 2 aromatic heterocycles. The second-order valence-corrected chi connectivity index (χ2v) is 8.82. The predicted molar refractivity (Wildman–Crippen MR) is 132 cm³/mol. The minimum atomic E-state index is -0.365. The van der Waals surface area contributed by atoms with E-state index < -0.39 is 0 Å². The van der Waals surface area contributed by atoms with Gasteiger partial charge in [-0.15, -0.1) is 0 Å². The Hall–Kier alpha value is -3.87. The van der Waals surface area contributed by atoms with E-state index in [-0.39, 0.29) is 17.8 Å². The topological polar surface area (TPSA) is 65.1 Å². The van der Waals surface area contributed by atoms with Crippen LogP contribution in [0.2, 0.25) is 0 Å². The minimum Gasteiger partial charge on any atom is -0.312 e. The summed E-state index contributed by atoms with van der Waals surface area (Å²) < 4.78 is 4.74. The van der Waals surface area contributed by atoms with Crippen LogP contribution in [0.5, 0.6) is 0 Å². The maximum absolute atomic E-state index is 13.5. The normalized spacial score (nSPS) is 16.0. The molecule has 0 N–H and O–H groups in total. The molecule has 0 fully saturated rings. The molecular weight excluding hydrogens is 414 g/mol. The fraction of sp³-hybridized carbons (Fsp3) is 0.269. The summed E-state index contributed by atoms with van der Waals surface area (Å²) in [6, 6.07) is 18.1. The standard InChI is InChI=1S/C26H27N5O2/c1-18-11-13-21(14-12-18)30-16-19(2)17-31-22-23(27-25(30)31)28(3)26(33)29(24(22)32)15-7-10-20-8-5-4-6-9-20/h4-14,19H,15-17H2,1-3H3/b10-7-/t19-/m1/s1. The highest BCUT2D eigenvalue weighted by atomic mass is 16.2. The van der Waals surface area contributed by atoms with Crippen molar-refractivity contribution < 1.29 is 0 Å². The van der Waals surface area contributed by atoms with E-state index in [4.69, 9.17) is 4.98 Å². The third-order valence-corrected chi connectivity index (χ3v) is 6.19. The molecule has 0 spiro atoms. The first-order valence-corrected chi connectivity index (χ1v) is 11.2. The van der Waals surface area contributed by atoms with E-state index in [0.29, 0.717) is 29.6 Å². The maximum atomic E-state index is 13.5. The Bertz CT molecular complexity index is 1460. The lowest BCUT2D eigenvalue weighted by Gasteiger charge is -2.33. The summed E-state index contributed by atoms with van der Waals surface area (Å²) >= 11 is 0. The summed E-state index contributed by atoms with van der Waals surface area (Å²) in [6.45, 7) is 5.91. The number of nitrogens with zero attached hydrogens (tertiary/aromatic N) is 5. The van der Waals surface area contributed by atoms with E-state index in [1.54, 1.807) is 7.05 Å². The van der Waals surface area contributed by atoms with Crippen LogP contribution in [0.3, 0.4) is 0 Å². The van der Waals surface area contributed by atoms with Crippen molar-refractivity contribution in [3.63, 3.8) is 0 Å². The predicted octanol–water partition coefficient (Wildman–Crippen LogP) is 3.71. The van der Waals surface area contributed by atoms with Gasteiger partial charge in [0.2, 0.25) is 5.95 Å². The second kappa shape index (κ2) is 8.24. The van der Waals surface area contributed by atoms with Crippen molar-refractivity contribution in [3.05, 3.63) is 92.6 Å². The minimum absolute atomic E-state index is 0.202. The molecule has 0 amide bonds. The van der Waals surface area contributed by atoms with E-state index in [1.807, 2.05) is 47.1 Å². The van der Waals surface area contributed by atoms with Gasteiger partial charge in [0.25, 0.3) is 5.56 Å². The molecule has 7 nitrogen and oxygen atoms in total. The first-order valence-electron chi connectivity index (χ1n) is 11.2. The van der Waals surface area contributed by atoms with Crippen LogP contribution in [0.25, 0.3) is 17.2 Å². The van der Waals surface area contributed by atoms with Gasteiger partial charge in [-0.2, -0.15) is 4.98 Å². The van der Waals surface area contributed by atoms with Crippen molar-refractivity contribution in [2.24, 2.45) is 13.0 Å². The number of allylic oxidation sites excluding steroid dienone is 1. The van der Waals surface area contributed by atoms with Crippen LogP contribution >= 0.6 is 0 Å². The van der Waals surface area contributed by atoms with Crippen LogP contribution in [0, 0.1) is 12.8 Å². The molecule has 1 aliphatic heterocycles. The summed E-state index contributed by atoms with van der Waals surface area (Å²) in [5.41, 5.74) is 3.47. The summed E-state index contributed by atoms with van der Waals surface area (Å²) in [6.07, 6.45) is 3.77. The smallest absolute Gasteiger partial charge is 0.312 e. The molecule has 5 rings (SSSR count). The van der Waals surface area contributed by atoms with Gasteiger partial charge in [0.05, 0.1) is 0 Å². The van der Waals surface area contributed by atoms with Gasteiger partial charge in [-0.3, -0.25) is 13.9 Å². The van der Waals surface area contributed by atoms with Gasteiger partial charge in [-0.05, 0) is 30.5 Å². The van der Waals surface area contributed by atoms with E-state index in [1.165, 1.54) is 14.7 Å². The van der Waals surface area contributed by atoms with Crippen molar-refractivity contribution >= 4 is 28.9 Å². The van der Waals surface area contributed by atoms with Crippen molar-refractivity contribution in [2.45, 2.75) is 26.9 Å². The largest absolute Gasteiger partial charge is 0.332 e. The molecule has 0 saturated heterocycles. The van der Waals surface area contributed by atoms with Crippen molar-refractivity contribution in [1.82, 2.24) is 18.7 Å². The van der Waals surface area contributed by atoms with E-state index in [2.05, 4.69) is 43.0 Å². The molecule has 0 saturated carbocycles. The number of hydrogen-bond acceptors (Lipinski definition) is 4. The summed E-state index contributed by atoms with van der Waals surface area (Å²) in [5, 5.41) is 0. The van der Waals surface area contributed by atoms with Crippen LogP contribution in [0.4, 0.5) is 11.6 Å². The number of aryl methyl sites for hydroxylation is 2. The Balaban J connectivity index is 1.63. The van der Waals surface area contributed by atoms with Gasteiger partial charge < -0.3 is 9.47 Å². The zero-order valence-electron chi connectivity index (χ0n) is 19.1. The highest BCUT2D eigenvalue weighted by molar-refractivity contribution is 5.77. The Kier molecular flexibility index (Phi) is 5.24. The molecule has 7 heteroatoms. The lowest BCUT2D eigenvalue weighted by Crippen LogP contribution is -2.40. The quantitative estimate of drug-likeness (QED) is 0.484. The number of imidazole rings is 1. The third kappa shape index (κ3) is 3.69. The summed E-state index contributed by atoms with van der Waals surface area (Å²) in [7, 11) is 1.68. The summed E-state index contributed by atoms with van der Waals surface area (Å²) in [4.78, 5) is 33.5. The van der Waals surface area contributed by atoms with Gasteiger partial charge in [-0.25, -0.2) is 4.79 Å². The number of benzene rings is 2. The van der Waals surface area contributed by atoms with Crippen LogP contribution in [0.1, 0.15) is 18.1 Å². The van der Waals surface area contributed by atoms with Gasteiger partial charge in [-0.1, -0.05) is 67.1 Å². The van der Waals surface area contributed by atoms with E-state index in [0.717, 1.165) is 17.8 Å². The average Bonchev–Trinajstić information content (AvgIpc) is 3.20. The fourth-order valence-corrected chi connectivity index (χ4v) is 4.47. The van der Waals surface area contributed by atoms with Gasteiger partial charge in [0.1, 0.15) is 0 Å². The number of rotatable bonds is 4. The molecule has 0 aliphatic carbocycles. The number of aromatic nitrogens is 4. The maximum Gasteiger partial charge on any atom is 0.332 e. The molecule has 1 aliphatic rings. The second-order valence-electron chi connectivity index (χ2n) is 8.82. The highest BCUT2D eigenvalue weighted by Gasteiger charge is 2.29. The average molecular weight is 442 g/mol. The molecule has 0 unspecified atom stereocenters. The first kappa shape index (κ1) is 21.0. The summed E-state index contributed by atoms with van der Waals surface area (Å²) in [5.74, 6) is 1.02. The van der Waals surface area contributed by atoms with Crippen LogP contribution in [0.15, 0.2) is 70.3 Å². The van der Waals surface area contributed by atoms with Crippen molar-refractivity contribution in [3.8, 4) is 0 Å². The van der Waals surface area contributed by atoms with Crippen molar-refractivity contribution in [2.75, 3.05) is 11.4 Å². The molecule has 2 aromatic carbocycles. The number of fused-ring (bicyclic) bond motifs is 3. The van der Waals surface area contributed by atoms with Crippen LogP contribution in [-0.2, 0) is 20.1 Å². The Morgan fingerprint density at radius 3 is 2.48 bits per heavy atom. The van der Waals surface area contributed by atoms with Crippen molar-refractivity contribution in [1.29, 1.82) is 0 Å². The molecule has 1 atom stereocenters. The van der Waals surface area contributed by atoms with Gasteiger partial charge in [0, 0.05) is 32.4 Å². The van der Waals surface area contributed by atoms with E-state index >= 15 is 0 Å². The lowest BCUT2D eigenvalue weighted by atomic mass is 10.1. The Morgan fingerprint density at radius 2 is 1.76 bits per heavy atom. The molecule has 4 aromatic rings. The molecular formula is C26H27N5O2. The molecule has 168 valence electrons. The van der Waals surface area contributed by atoms with Gasteiger partial charge in [0.15, 0.2) is 11.2 Å².